The molecule has 0 aromatic heterocycles. The fraction of sp³-hybridized carbons (Fsp3) is 0.625. The summed E-state index contributed by atoms with van der Waals surface area (Å²) >= 11 is 0. The van der Waals surface area contributed by atoms with E-state index in [1.807, 2.05) is 18.2 Å². The summed E-state index contributed by atoms with van der Waals surface area (Å²) in [5.74, 6) is 1.43. The zero-order chi connectivity index (χ0) is 15.4. The number of methoxy groups -OCH3 is 2. The van der Waals surface area contributed by atoms with Gasteiger partial charge in [0.15, 0.2) is 0 Å². The molecule has 118 valence electrons. The van der Waals surface area contributed by atoms with E-state index in [4.69, 9.17) is 9.47 Å². The minimum Gasteiger partial charge on any atom is -0.497 e. The average Bonchev–Trinajstić information content (AvgIpc) is 2.67. The van der Waals surface area contributed by atoms with E-state index in [2.05, 4.69) is 23.9 Å². The SMILES string of the molecule is COc1ccc(OC)c(C(O)C2CN(C)CCCN2C)c1. The molecule has 1 aliphatic heterocycles. The van der Waals surface area contributed by atoms with Gasteiger partial charge >= 0.3 is 0 Å². The van der Waals surface area contributed by atoms with Gasteiger partial charge in [-0.2, -0.15) is 0 Å². The largest absolute Gasteiger partial charge is 0.497 e. The van der Waals surface area contributed by atoms with E-state index in [0.717, 1.165) is 37.4 Å². The maximum Gasteiger partial charge on any atom is 0.124 e. The van der Waals surface area contributed by atoms with E-state index < -0.39 is 6.10 Å². The summed E-state index contributed by atoms with van der Waals surface area (Å²) < 4.78 is 10.7. The molecule has 0 saturated carbocycles. The predicted octanol–water partition coefficient (Wildman–Crippen LogP) is 1.37. The Morgan fingerprint density at radius 2 is 1.95 bits per heavy atom. The molecule has 2 rings (SSSR count). The normalized spacial score (nSPS) is 22.6. The van der Waals surface area contributed by atoms with Crippen molar-refractivity contribution in [2.45, 2.75) is 18.6 Å². The van der Waals surface area contributed by atoms with Crippen molar-refractivity contribution in [3.8, 4) is 11.5 Å². The van der Waals surface area contributed by atoms with Crippen molar-refractivity contribution in [2.75, 3.05) is 47.9 Å². The van der Waals surface area contributed by atoms with E-state index in [9.17, 15) is 5.11 Å². The second-order valence-corrected chi connectivity index (χ2v) is 5.72. The van der Waals surface area contributed by atoms with Gasteiger partial charge in [0.25, 0.3) is 0 Å². The molecule has 1 N–H and O–H groups in total. The highest BCUT2D eigenvalue weighted by atomic mass is 16.5. The molecule has 0 radical (unpaired) electrons. The van der Waals surface area contributed by atoms with Gasteiger partial charge in [-0.25, -0.2) is 0 Å². The molecular formula is C16H26N2O3. The Balaban J connectivity index is 2.30. The summed E-state index contributed by atoms with van der Waals surface area (Å²) in [5.41, 5.74) is 0.781. The number of hydrogen-bond acceptors (Lipinski definition) is 5. The van der Waals surface area contributed by atoms with Crippen LogP contribution >= 0.6 is 0 Å². The van der Waals surface area contributed by atoms with Crippen LogP contribution in [0.15, 0.2) is 18.2 Å². The van der Waals surface area contributed by atoms with Gasteiger partial charge in [0.05, 0.1) is 26.4 Å². The molecule has 0 aliphatic carbocycles. The standard InChI is InChI=1S/C16H26N2O3/c1-17-8-5-9-18(2)14(11-17)16(19)13-10-12(20-3)6-7-15(13)21-4/h6-7,10,14,16,19H,5,8-9,11H2,1-4H3. The number of aliphatic hydroxyl groups is 1. The number of nitrogens with zero attached hydrogens (tertiary/aromatic N) is 2. The van der Waals surface area contributed by atoms with Gasteiger partial charge < -0.3 is 19.5 Å². The van der Waals surface area contributed by atoms with Crippen LogP contribution in [0, 0.1) is 0 Å². The minimum atomic E-state index is -0.611. The molecule has 1 heterocycles. The molecule has 0 spiro atoms. The summed E-state index contributed by atoms with van der Waals surface area (Å²) in [6, 6.07) is 5.59. The average molecular weight is 294 g/mol. The van der Waals surface area contributed by atoms with E-state index in [1.165, 1.54) is 0 Å². The van der Waals surface area contributed by atoms with Crippen molar-refractivity contribution in [1.82, 2.24) is 9.80 Å². The third-order valence-corrected chi connectivity index (χ3v) is 4.24. The zero-order valence-corrected chi connectivity index (χ0v) is 13.4. The van der Waals surface area contributed by atoms with Gasteiger partial charge in [0.1, 0.15) is 11.5 Å². The van der Waals surface area contributed by atoms with Gasteiger partial charge in [0, 0.05) is 12.1 Å². The molecule has 5 nitrogen and oxygen atoms in total. The third-order valence-electron chi connectivity index (χ3n) is 4.24. The number of aliphatic hydroxyl groups excluding tert-OH is 1. The van der Waals surface area contributed by atoms with Crippen molar-refractivity contribution in [3.63, 3.8) is 0 Å². The molecule has 1 aromatic carbocycles. The Kier molecular flexibility index (Phi) is 5.45. The second kappa shape index (κ2) is 7.11. The molecule has 0 bridgehead atoms. The topological polar surface area (TPSA) is 45.2 Å². The van der Waals surface area contributed by atoms with Crippen molar-refractivity contribution < 1.29 is 14.6 Å². The van der Waals surface area contributed by atoms with Gasteiger partial charge in [-0.15, -0.1) is 0 Å². The molecule has 1 aromatic rings. The first-order valence-corrected chi connectivity index (χ1v) is 7.35. The summed E-state index contributed by atoms with van der Waals surface area (Å²) in [6.45, 7) is 2.87. The predicted molar refractivity (Wildman–Crippen MR) is 83.0 cm³/mol. The first kappa shape index (κ1) is 16.1. The highest BCUT2D eigenvalue weighted by molar-refractivity contribution is 5.42. The van der Waals surface area contributed by atoms with Crippen LogP contribution in [0.2, 0.25) is 0 Å². The number of rotatable bonds is 4. The van der Waals surface area contributed by atoms with Gasteiger partial charge in [-0.1, -0.05) is 0 Å². The first-order chi connectivity index (χ1) is 10.1. The quantitative estimate of drug-likeness (QED) is 0.909. The van der Waals surface area contributed by atoms with Crippen LogP contribution < -0.4 is 9.47 Å². The lowest BCUT2D eigenvalue weighted by Gasteiger charge is -2.32. The Morgan fingerprint density at radius 3 is 2.62 bits per heavy atom. The lowest BCUT2D eigenvalue weighted by Crippen LogP contribution is -2.42. The maximum atomic E-state index is 10.9. The van der Waals surface area contributed by atoms with Crippen molar-refractivity contribution >= 4 is 0 Å². The van der Waals surface area contributed by atoms with Gasteiger partial charge in [0.2, 0.25) is 0 Å². The fourth-order valence-electron chi connectivity index (χ4n) is 2.92. The van der Waals surface area contributed by atoms with Gasteiger partial charge in [-0.05, 0) is 51.8 Å². The van der Waals surface area contributed by atoms with Crippen LogP contribution in [-0.4, -0.2) is 68.9 Å². The van der Waals surface area contributed by atoms with Crippen LogP contribution in [0.1, 0.15) is 18.1 Å². The number of benzene rings is 1. The molecular weight excluding hydrogens is 268 g/mol. The Morgan fingerprint density at radius 1 is 1.19 bits per heavy atom. The molecule has 1 saturated heterocycles. The minimum absolute atomic E-state index is 0.0403. The second-order valence-electron chi connectivity index (χ2n) is 5.72. The van der Waals surface area contributed by atoms with Crippen LogP contribution in [0.3, 0.4) is 0 Å². The summed E-state index contributed by atoms with van der Waals surface area (Å²) in [6.07, 6.45) is 0.506. The molecule has 1 aliphatic rings. The number of likely N-dealkylation sites (N-methyl/N-ethyl adjacent to an activating group) is 2. The number of hydrogen-bond donors (Lipinski definition) is 1. The molecule has 21 heavy (non-hydrogen) atoms. The Bertz CT molecular complexity index is 467. The first-order valence-electron chi connectivity index (χ1n) is 7.35. The van der Waals surface area contributed by atoms with Crippen molar-refractivity contribution in [3.05, 3.63) is 23.8 Å². The zero-order valence-electron chi connectivity index (χ0n) is 13.4. The van der Waals surface area contributed by atoms with Crippen molar-refractivity contribution in [2.24, 2.45) is 0 Å². The monoisotopic (exact) mass is 294 g/mol. The van der Waals surface area contributed by atoms with Crippen molar-refractivity contribution in [1.29, 1.82) is 0 Å². The fourth-order valence-corrected chi connectivity index (χ4v) is 2.92. The summed E-state index contributed by atoms with van der Waals surface area (Å²) in [5, 5.41) is 10.9. The highest BCUT2D eigenvalue weighted by Gasteiger charge is 2.30. The smallest absolute Gasteiger partial charge is 0.124 e. The molecule has 1 fully saturated rings. The maximum absolute atomic E-state index is 10.9. The van der Waals surface area contributed by atoms with Crippen LogP contribution in [0.25, 0.3) is 0 Å². The molecule has 2 unspecified atom stereocenters. The summed E-state index contributed by atoms with van der Waals surface area (Å²) in [7, 11) is 7.42. The lowest BCUT2D eigenvalue weighted by molar-refractivity contribution is 0.0553. The molecule has 2 atom stereocenters. The van der Waals surface area contributed by atoms with Crippen LogP contribution in [-0.2, 0) is 0 Å². The molecule has 5 heteroatoms. The van der Waals surface area contributed by atoms with E-state index in [-0.39, 0.29) is 6.04 Å². The Labute approximate surface area is 127 Å². The number of ether oxygens (including phenoxy) is 2. The van der Waals surface area contributed by atoms with Crippen LogP contribution in [0.4, 0.5) is 0 Å². The summed E-state index contributed by atoms with van der Waals surface area (Å²) in [4.78, 5) is 4.50. The van der Waals surface area contributed by atoms with E-state index in [1.54, 1.807) is 14.2 Å². The lowest BCUT2D eigenvalue weighted by atomic mass is 9.99. The third kappa shape index (κ3) is 3.67. The van der Waals surface area contributed by atoms with E-state index >= 15 is 0 Å². The van der Waals surface area contributed by atoms with E-state index in [0.29, 0.717) is 5.75 Å². The molecule has 0 amide bonds. The Hall–Kier alpha value is -1.30. The van der Waals surface area contributed by atoms with Crippen LogP contribution in [0.5, 0.6) is 11.5 Å². The van der Waals surface area contributed by atoms with Gasteiger partial charge in [-0.3, -0.25) is 4.90 Å². The highest BCUT2D eigenvalue weighted by Crippen LogP contribution is 2.33.